The Bertz CT molecular complexity index is 923. The number of Topliss-reactive ketones (excluding diaryl/α,β-unsaturated/α-hetero) is 1. The van der Waals surface area contributed by atoms with Crippen LogP contribution in [0.2, 0.25) is 0 Å². The van der Waals surface area contributed by atoms with Gasteiger partial charge in [0.25, 0.3) is 0 Å². The van der Waals surface area contributed by atoms with Gasteiger partial charge in [0.2, 0.25) is 0 Å². The van der Waals surface area contributed by atoms with E-state index in [0.29, 0.717) is 18.5 Å². The van der Waals surface area contributed by atoms with Gasteiger partial charge < -0.3 is 10.4 Å². The lowest BCUT2D eigenvalue weighted by molar-refractivity contribution is 0.0874. The van der Waals surface area contributed by atoms with Crippen LogP contribution in [0.1, 0.15) is 34.5 Å². The van der Waals surface area contributed by atoms with E-state index < -0.39 is 6.10 Å². The molecular weight excluding hydrogens is 356 g/mol. The molecule has 2 atom stereocenters. The average Bonchev–Trinajstić information content (AvgIpc) is 3.22. The van der Waals surface area contributed by atoms with Crippen LogP contribution in [0.15, 0.2) is 60.0 Å². The number of aliphatic hydroxyl groups excluding tert-OH is 1. The van der Waals surface area contributed by atoms with Crippen LogP contribution in [-0.2, 0) is 13.0 Å². The van der Waals surface area contributed by atoms with Gasteiger partial charge in [-0.25, -0.2) is 4.98 Å². The van der Waals surface area contributed by atoms with Crippen molar-refractivity contribution in [3.05, 3.63) is 76.8 Å². The molecule has 0 bridgehead atoms. The summed E-state index contributed by atoms with van der Waals surface area (Å²) in [4.78, 5) is 17.0. The summed E-state index contributed by atoms with van der Waals surface area (Å²) in [6.07, 6.45) is 0.991. The smallest absolute Gasteiger partial charge is 0.182 e. The number of aliphatic hydroxyl groups is 1. The summed E-state index contributed by atoms with van der Waals surface area (Å²) in [5, 5.41) is 16.6. The summed E-state index contributed by atoms with van der Waals surface area (Å²) < 4.78 is 0. The first-order chi connectivity index (χ1) is 13.2. The Kier molecular flexibility index (Phi) is 5.43. The third-order valence-corrected chi connectivity index (χ3v) is 5.95. The van der Waals surface area contributed by atoms with E-state index in [1.165, 1.54) is 22.5 Å². The van der Waals surface area contributed by atoms with Crippen molar-refractivity contribution >= 4 is 17.1 Å². The number of hydrogen-bond acceptors (Lipinski definition) is 5. The maximum Gasteiger partial charge on any atom is 0.182 e. The number of carbonyl (C=O) groups is 1. The highest BCUT2D eigenvalue weighted by molar-refractivity contribution is 7.13. The van der Waals surface area contributed by atoms with E-state index in [-0.39, 0.29) is 11.8 Å². The Labute approximate surface area is 162 Å². The number of ketones is 1. The molecular formula is C22H22N2O2S. The minimum absolute atomic E-state index is 0.0105. The van der Waals surface area contributed by atoms with E-state index in [0.717, 1.165) is 23.5 Å². The molecule has 1 aliphatic rings. The van der Waals surface area contributed by atoms with Crippen molar-refractivity contribution in [1.29, 1.82) is 0 Å². The molecule has 0 aliphatic carbocycles. The normalized spacial score (nSPS) is 17.3. The Morgan fingerprint density at radius 1 is 1.15 bits per heavy atom. The predicted octanol–water partition coefficient (Wildman–Crippen LogP) is 3.85. The van der Waals surface area contributed by atoms with E-state index in [1.807, 2.05) is 47.8 Å². The Hall–Kier alpha value is -2.34. The molecule has 0 saturated carbocycles. The number of carbonyl (C=O) groups excluding carboxylic acids is 1. The highest BCUT2D eigenvalue weighted by Gasteiger charge is 2.25. The fraction of sp³-hybridized carbons (Fsp3) is 0.273. The van der Waals surface area contributed by atoms with Gasteiger partial charge in [-0.2, -0.15) is 0 Å². The average molecular weight is 378 g/mol. The monoisotopic (exact) mass is 378 g/mol. The zero-order chi connectivity index (χ0) is 18.6. The Balaban J connectivity index is 1.34. The number of aromatic nitrogens is 1. The van der Waals surface area contributed by atoms with Crippen LogP contribution in [0.5, 0.6) is 0 Å². The second-order valence-electron chi connectivity index (χ2n) is 6.89. The Morgan fingerprint density at radius 2 is 1.89 bits per heavy atom. The minimum atomic E-state index is -0.547. The SMILES string of the molecule is O=C(CC[C@@H](O)[C@@H]1Cc2ccccc2CN1)c1csc(-c2ccccc2)n1. The maximum absolute atomic E-state index is 12.5. The van der Waals surface area contributed by atoms with Crippen molar-refractivity contribution in [3.63, 3.8) is 0 Å². The summed E-state index contributed by atoms with van der Waals surface area (Å²) in [7, 11) is 0. The van der Waals surface area contributed by atoms with Crippen molar-refractivity contribution < 1.29 is 9.90 Å². The molecule has 5 heteroatoms. The van der Waals surface area contributed by atoms with Crippen molar-refractivity contribution in [2.24, 2.45) is 0 Å². The molecule has 27 heavy (non-hydrogen) atoms. The quantitative estimate of drug-likeness (QED) is 0.640. The molecule has 0 radical (unpaired) electrons. The van der Waals surface area contributed by atoms with Gasteiger partial charge in [0, 0.05) is 30.0 Å². The highest BCUT2D eigenvalue weighted by atomic mass is 32.1. The topological polar surface area (TPSA) is 62.2 Å². The number of fused-ring (bicyclic) bond motifs is 1. The molecule has 138 valence electrons. The van der Waals surface area contributed by atoms with Crippen LogP contribution < -0.4 is 5.32 Å². The van der Waals surface area contributed by atoms with E-state index in [1.54, 1.807) is 0 Å². The van der Waals surface area contributed by atoms with Crippen LogP contribution in [0.3, 0.4) is 0 Å². The van der Waals surface area contributed by atoms with Gasteiger partial charge in [-0.3, -0.25) is 4.79 Å². The summed E-state index contributed by atoms with van der Waals surface area (Å²) in [5.41, 5.74) is 4.08. The van der Waals surface area contributed by atoms with E-state index >= 15 is 0 Å². The zero-order valence-corrected chi connectivity index (χ0v) is 15.8. The minimum Gasteiger partial charge on any atom is -0.391 e. The first-order valence-electron chi connectivity index (χ1n) is 9.23. The van der Waals surface area contributed by atoms with Gasteiger partial charge in [-0.05, 0) is 24.0 Å². The lowest BCUT2D eigenvalue weighted by Crippen LogP contribution is -2.44. The van der Waals surface area contributed by atoms with Gasteiger partial charge in [0.1, 0.15) is 10.7 Å². The fourth-order valence-electron chi connectivity index (χ4n) is 3.47. The Morgan fingerprint density at radius 3 is 2.70 bits per heavy atom. The van der Waals surface area contributed by atoms with Crippen molar-refractivity contribution in [2.75, 3.05) is 0 Å². The van der Waals surface area contributed by atoms with Crippen LogP contribution in [0.4, 0.5) is 0 Å². The van der Waals surface area contributed by atoms with Crippen molar-refractivity contribution in [1.82, 2.24) is 10.3 Å². The van der Waals surface area contributed by atoms with Crippen LogP contribution in [-0.4, -0.2) is 28.0 Å². The molecule has 0 saturated heterocycles. The first-order valence-corrected chi connectivity index (χ1v) is 10.1. The van der Waals surface area contributed by atoms with Gasteiger partial charge in [0.15, 0.2) is 5.78 Å². The van der Waals surface area contributed by atoms with Gasteiger partial charge in [-0.1, -0.05) is 54.6 Å². The molecule has 2 aromatic carbocycles. The fourth-order valence-corrected chi connectivity index (χ4v) is 4.31. The molecule has 1 aliphatic heterocycles. The summed E-state index contributed by atoms with van der Waals surface area (Å²) in [5.74, 6) is -0.0105. The number of benzene rings is 2. The van der Waals surface area contributed by atoms with Crippen LogP contribution in [0.25, 0.3) is 10.6 Å². The summed E-state index contributed by atoms with van der Waals surface area (Å²) in [6.45, 7) is 0.762. The molecule has 0 spiro atoms. The lowest BCUT2D eigenvalue weighted by Gasteiger charge is -2.29. The van der Waals surface area contributed by atoms with E-state index in [9.17, 15) is 9.90 Å². The standard InChI is InChI=1S/C22H22N2O2S/c25-20(18-12-16-8-4-5-9-17(16)13-23-18)10-11-21(26)19-14-27-22(24-19)15-6-2-1-3-7-15/h1-9,14,18,20,23,25H,10-13H2/t18-,20+/m0/s1. The van der Waals surface area contributed by atoms with E-state index in [2.05, 4.69) is 22.4 Å². The molecule has 4 nitrogen and oxygen atoms in total. The molecule has 0 unspecified atom stereocenters. The van der Waals surface area contributed by atoms with Gasteiger partial charge in [-0.15, -0.1) is 11.3 Å². The van der Waals surface area contributed by atoms with Crippen molar-refractivity contribution in [2.45, 2.75) is 38.0 Å². The molecule has 2 N–H and O–H groups in total. The van der Waals surface area contributed by atoms with Crippen LogP contribution in [0, 0.1) is 0 Å². The predicted molar refractivity (Wildman–Crippen MR) is 108 cm³/mol. The van der Waals surface area contributed by atoms with Crippen molar-refractivity contribution in [3.8, 4) is 10.6 Å². The number of nitrogens with zero attached hydrogens (tertiary/aromatic N) is 1. The van der Waals surface area contributed by atoms with Gasteiger partial charge in [0.05, 0.1) is 6.10 Å². The first kappa shape index (κ1) is 18.0. The molecule has 2 heterocycles. The summed E-state index contributed by atoms with van der Waals surface area (Å²) in [6, 6.07) is 18.1. The molecule has 1 aromatic heterocycles. The molecule has 0 fully saturated rings. The molecule has 3 aromatic rings. The number of nitrogens with one attached hydrogen (secondary N) is 1. The van der Waals surface area contributed by atoms with Crippen LogP contribution >= 0.6 is 11.3 Å². The van der Waals surface area contributed by atoms with Gasteiger partial charge >= 0.3 is 0 Å². The lowest BCUT2D eigenvalue weighted by atomic mass is 9.91. The summed E-state index contributed by atoms with van der Waals surface area (Å²) >= 11 is 1.48. The third-order valence-electron chi connectivity index (χ3n) is 5.06. The number of rotatable bonds is 6. The second-order valence-corrected chi connectivity index (χ2v) is 7.75. The highest BCUT2D eigenvalue weighted by Crippen LogP contribution is 2.25. The largest absolute Gasteiger partial charge is 0.391 e. The van der Waals surface area contributed by atoms with E-state index in [4.69, 9.17) is 0 Å². The number of hydrogen-bond donors (Lipinski definition) is 2. The molecule has 0 amide bonds. The second kappa shape index (κ2) is 8.13. The number of thiazole rings is 1. The third kappa shape index (κ3) is 4.16. The maximum atomic E-state index is 12.5. The molecule has 4 rings (SSSR count). The zero-order valence-electron chi connectivity index (χ0n) is 15.0.